The zero-order valence-corrected chi connectivity index (χ0v) is 16.2. The first-order chi connectivity index (χ1) is 13.0. The highest BCUT2D eigenvalue weighted by atomic mass is 32.2. The number of thioether (sulfide) groups is 1. The van der Waals surface area contributed by atoms with Crippen LogP contribution in [-0.2, 0) is 0 Å². The van der Waals surface area contributed by atoms with E-state index in [1.807, 2.05) is 42.7 Å². The third-order valence-electron chi connectivity index (χ3n) is 3.66. The van der Waals surface area contributed by atoms with Crippen LogP contribution in [0.25, 0.3) is 11.1 Å². The normalized spacial score (nSPS) is 10.9. The fraction of sp³-hybridized carbons (Fsp3) is 0.158. The molecule has 1 heterocycles. The van der Waals surface area contributed by atoms with Crippen molar-refractivity contribution in [3.63, 3.8) is 0 Å². The van der Waals surface area contributed by atoms with Crippen LogP contribution in [0.4, 0.5) is 19.3 Å². The van der Waals surface area contributed by atoms with Gasteiger partial charge in [0.15, 0.2) is 5.69 Å². The SMILES string of the molecule is CSc1cccc(-c2ccccc2NC(=O)Oc2sc(C)nc2C(F)F)c1. The summed E-state index contributed by atoms with van der Waals surface area (Å²) < 4.78 is 31.1. The molecule has 0 spiro atoms. The van der Waals surface area contributed by atoms with Gasteiger partial charge in [0.05, 0.1) is 10.7 Å². The molecule has 1 amide bonds. The molecule has 0 unspecified atom stereocenters. The number of nitrogens with one attached hydrogen (secondary N) is 1. The average Bonchev–Trinajstić information content (AvgIpc) is 3.02. The van der Waals surface area contributed by atoms with Crippen molar-refractivity contribution in [2.24, 2.45) is 0 Å². The number of aryl methyl sites for hydroxylation is 1. The lowest BCUT2D eigenvalue weighted by Gasteiger charge is -2.12. The Bertz CT molecular complexity index is 960. The van der Waals surface area contributed by atoms with E-state index in [0.29, 0.717) is 10.7 Å². The van der Waals surface area contributed by atoms with E-state index in [-0.39, 0.29) is 5.06 Å². The number of hydrogen-bond donors (Lipinski definition) is 1. The number of rotatable bonds is 5. The van der Waals surface area contributed by atoms with Gasteiger partial charge in [0.1, 0.15) is 0 Å². The molecule has 1 aromatic heterocycles. The standard InChI is InChI=1S/C19H16F2N2O2S2/c1-11-22-16(17(20)21)18(27-11)25-19(24)23-15-9-4-3-8-14(15)12-6-5-7-13(10-12)26-2/h3-10,17H,1-2H3,(H,23,24). The second-order valence-corrected chi connectivity index (χ2v) is 7.54. The number of nitrogens with zero attached hydrogens (tertiary/aromatic N) is 1. The lowest BCUT2D eigenvalue weighted by atomic mass is 10.0. The zero-order chi connectivity index (χ0) is 19.4. The van der Waals surface area contributed by atoms with Gasteiger partial charge in [-0.2, -0.15) is 0 Å². The molecule has 0 saturated heterocycles. The third-order valence-corrected chi connectivity index (χ3v) is 5.25. The van der Waals surface area contributed by atoms with E-state index >= 15 is 0 Å². The molecule has 27 heavy (non-hydrogen) atoms. The van der Waals surface area contributed by atoms with Crippen molar-refractivity contribution in [2.45, 2.75) is 18.2 Å². The van der Waals surface area contributed by atoms with Gasteiger partial charge >= 0.3 is 6.09 Å². The Labute approximate surface area is 163 Å². The van der Waals surface area contributed by atoms with E-state index in [4.69, 9.17) is 4.74 Å². The van der Waals surface area contributed by atoms with Crippen LogP contribution in [0, 0.1) is 6.92 Å². The van der Waals surface area contributed by atoms with E-state index < -0.39 is 18.2 Å². The van der Waals surface area contributed by atoms with Crippen molar-refractivity contribution in [1.82, 2.24) is 4.98 Å². The van der Waals surface area contributed by atoms with Gasteiger partial charge in [0.2, 0.25) is 5.06 Å². The van der Waals surface area contributed by atoms with Gasteiger partial charge in [-0.15, -0.1) is 11.8 Å². The second-order valence-electron chi connectivity index (χ2n) is 5.50. The van der Waals surface area contributed by atoms with E-state index in [0.717, 1.165) is 27.4 Å². The largest absolute Gasteiger partial charge is 0.417 e. The van der Waals surface area contributed by atoms with E-state index in [1.54, 1.807) is 30.8 Å². The Balaban J connectivity index is 1.83. The highest BCUT2D eigenvalue weighted by Crippen LogP contribution is 2.35. The Morgan fingerprint density at radius 1 is 1.22 bits per heavy atom. The summed E-state index contributed by atoms with van der Waals surface area (Å²) >= 11 is 2.53. The highest BCUT2D eigenvalue weighted by Gasteiger charge is 2.22. The molecule has 0 atom stereocenters. The minimum Gasteiger partial charge on any atom is -0.397 e. The first-order valence-corrected chi connectivity index (χ1v) is 10.00. The van der Waals surface area contributed by atoms with E-state index in [9.17, 15) is 13.6 Å². The maximum absolute atomic E-state index is 13.0. The minimum absolute atomic E-state index is 0.193. The van der Waals surface area contributed by atoms with Gasteiger partial charge in [-0.1, -0.05) is 41.7 Å². The first-order valence-electron chi connectivity index (χ1n) is 7.95. The summed E-state index contributed by atoms with van der Waals surface area (Å²) in [6.45, 7) is 1.58. The zero-order valence-electron chi connectivity index (χ0n) is 14.5. The molecular weight excluding hydrogens is 390 g/mol. The molecule has 0 fully saturated rings. The van der Waals surface area contributed by atoms with Crippen LogP contribution in [-0.4, -0.2) is 17.3 Å². The van der Waals surface area contributed by atoms with Crippen molar-refractivity contribution >= 4 is 34.9 Å². The number of hydrogen-bond acceptors (Lipinski definition) is 5. The molecule has 1 N–H and O–H groups in total. The van der Waals surface area contributed by atoms with Crippen LogP contribution < -0.4 is 10.1 Å². The number of amides is 1. The number of carbonyl (C=O) groups excluding carboxylic acids is 1. The Morgan fingerprint density at radius 3 is 2.74 bits per heavy atom. The molecule has 0 radical (unpaired) electrons. The number of aromatic nitrogens is 1. The van der Waals surface area contributed by atoms with Crippen molar-refractivity contribution in [3.8, 4) is 16.2 Å². The van der Waals surface area contributed by atoms with Gasteiger partial charge in [-0.3, -0.25) is 5.32 Å². The predicted octanol–water partition coefficient (Wildman–Crippen LogP) is 6.39. The molecule has 2 aromatic carbocycles. The summed E-state index contributed by atoms with van der Waals surface area (Å²) in [5, 5.41) is 2.85. The second kappa shape index (κ2) is 8.49. The molecular formula is C19H16F2N2O2S2. The number of benzene rings is 2. The summed E-state index contributed by atoms with van der Waals surface area (Å²) in [4.78, 5) is 17.1. The number of halogens is 2. The number of carbonyl (C=O) groups is 1. The molecule has 0 bridgehead atoms. The van der Waals surface area contributed by atoms with Crippen LogP contribution in [0.2, 0.25) is 0 Å². The Hall–Kier alpha value is -2.45. The van der Waals surface area contributed by atoms with Crippen molar-refractivity contribution in [2.75, 3.05) is 11.6 Å². The molecule has 0 aliphatic rings. The number of para-hydroxylation sites is 1. The molecule has 3 aromatic rings. The third kappa shape index (κ3) is 4.64. The van der Waals surface area contributed by atoms with Crippen LogP contribution in [0.15, 0.2) is 53.4 Å². The summed E-state index contributed by atoms with van der Waals surface area (Å²) in [6, 6.07) is 15.1. The number of ether oxygens (including phenoxy) is 1. The van der Waals surface area contributed by atoms with Gasteiger partial charge < -0.3 is 4.74 Å². The average molecular weight is 406 g/mol. The van der Waals surface area contributed by atoms with Crippen LogP contribution in [0.1, 0.15) is 17.1 Å². The molecule has 4 nitrogen and oxygen atoms in total. The fourth-order valence-corrected chi connectivity index (χ4v) is 3.72. The molecule has 3 rings (SSSR count). The van der Waals surface area contributed by atoms with E-state index in [1.165, 1.54) is 0 Å². The molecule has 8 heteroatoms. The predicted molar refractivity (Wildman–Crippen MR) is 105 cm³/mol. The monoisotopic (exact) mass is 406 g/mol. The molecule has 0 aliphatic carbocycles. The maximum atomic E-state index is 13.0. The Morgan fingerprint density at radius 2 is 2.00 bits per heavy atom. The minimum atomic E-state index is -2.81. The van der Waals surface area contributed by atoms with Crippen molar-refractivity contribution < 1.29 is 18.3 Å². The van der Waals surface area contributed by atoms with Crippen molar-refractivity contribution in [3.05, 3.63) is 59.2 Å². The van der Waals surface area contributed by atoms with Crippen LogP contribution in [0.3, 0.4) is 0 Å². The lowest BCUT2D eigenvalue weighted by Crippen LogP contribution is -2.17. The summed E-state index contributed by atoms with van der Waals surface area (Å²) in [5.74, 6) is 0. The molecule has 0 aliphatic heterocycles. The smallest absolute Gasteiger partial charge is 0.397 e. The van der Waals surface area contributed by atoms with Gasteiger partial charge in [-0.25, -0.2) is 18.6 Å². The van der Waals surface area contributed by atoms with Crippen molar-refractivity contribution in [1.29, 1.82) is 0 Å². The lowest BCUT2D eigenvalue weighted by molar-refractivity contribution is 0.142. The molecule has 140 valence electrons. The van der Waals surface area contributed by atoms with Gasteiger partial charge in [0, 0.05) is 10.5 Å². The van der Waals surface area contributed by atoms with Gasteiger partial charge in [0.25, 0.3) is 6.43 Å². The maximum Gasteiger partial charge on any atom is 0.417 e. The fourth-order valence-electron chi connectivity index (χ4n) is 2.49. The first kappa shape index (κ1) is 19.3. The van der Waals surface area contributed by atoms with Crippen LogP contribution in [0.5, 0.6) is 5.06 Å². The summed E-state index contributed by atoms with van der Waals surface area (Å²) in [7, 11) is 0. The number of thiazole rings is 1. The topological polar surface area (TPSA) is 51.2 Å². The quantitative estimate of drug-likeness (QED) is 0.499. The van der Waals surface area contributed by atoms with E-state index in [2.05, 4.69) is 10.3 Å². The number of anilines is 1. The summed E-state index contributed by atoms with van der Waals surface area (Å²) in [6.07, 6.45) is -1.66. The van der Waals surface area contributed by atoms with Gasteiger partial charge in [-0.05, 0) is 36.9 Å². The Kier molecular flexibility index (Phi) is 6.08. The number of alkyl halides is 2. The molecule has 0 saturated carbocycles. The van der Waals surface area contributed by atoms with Crippen LogP contribution >= 0.6 is 23.1 Å². The highest BCUT2D eigenvalue weighted by molar-refractivity contribution is 7.98. The summed E-state index contributed by atoms with van der Waals surface area (Å²) in [5.41, 5.74) is 1.74.